The molecule has 0 atom stereocenters. The van der Waals surface area contributed by atoms with E-state index in [0.29, 0.717) is 6.61 Å². The molecule has 6 heteroatoms. The second-order valence-corrected chi connectivity index (χ2v) is 4.91. The van der Waals surface area contributed by atoms with Gasteiger partial charge >= 0.3 is 6.18 Å². The molecule has 2 rings (SSSR count). The fraction of sp³-hybridized carbons (Fsp3) is 1.00. The van der Waals surface area contributed by atoms with E-state index in [1.54, 1.807) is 0 Å². The smallest absolute Gasteiger partial charge is 0.371 e. The first-order valence-electron chi connectivity index (χ1n) is 5.53. The van der Waals surface area contributed by atoms with Crippen molar-refractivity contribution in [1.82, 2.24) is 10.6 Å². The molecule has 0 spiro atoms. The molecule has 1 saturated carbocycles. The van der Waals surface area contributed by atoms with Gasteiger partial charge in [0.25, 0.3) is 0 Å². The van der Waals surface area contributed by atoms with Gasteiger partial charge in [0.15, 0.2) is 0 Å². The molecular formula is C10H17F3N2O. The van der Waals surface area contributed by atoms with Crippen molar-refractivity contribution in [3.63, 3.8) is 0 Å². The second kappa shape index (κ2) is 3.85. The summed E-state index contributed by atoms with van der Waals surface area (Å²) in [6.07, 6.45) is -3.75. The van der Waals surface area contributed by atoms with Crippen LogP contribution in [0.3, 0.4) is 0 Å². The van der Waals surface area contributed by atoms with Crippen molar-refractivity contribution < 1.29 is 17.9 Å². The Kier molecular flexibility index (Phi) is 2.92. The number of hydrogen-bond donors (Lipinski definition) is 2. The van der Waals surface area contributed by atoms with Crippen LogP contribution in [0.5, 0.6) is 0 Å². The van der Waals surface area contributed by atoms with Crippen molar-refractivity contribution in [3.8, 4) is 0 Å². The topological polar surface area (TPSA) is 33.3 Å². The Morgan fingerprint density at radius 1 is 1.31 bits per heavy atom. The molecule has 1 aliphatic carbocycles. The summed E-state index contributed by atoms with van der Waals surface area (Å²) < 4.78 is 43.1. The van der Waals surface area contributed by atoms with Crippen molar-refractivity contribution in [2.75, 3.05) is 26.2 Å². The zero-order valence-electron chi connectivity index (χ0n) is 9.28. The summed E-state index contributed by atoms with van der Waals surface area (Å²) in [5.74, 6) is 0. The fourth-order valence-corrected chi connectivity index (χ4v) is 1.85. The Morgan fingerprint density at radius 2 is 1.94 bits per heavy atom. The minimum Gasteiger partial charge on any atom is -0.371 e. The molecule has 2 aliphatic rings. The highest BCUT2D eigenvalue weighted by atomic mass is 19.4. The van der Waals surface area contributed by atoms with E-state index in [1.807, 2.05) is 6.92 Å². The third-order valence-electron chi connectivity index (χ3n) is 3.31. The van der Waals surface area contributed by atoms with E-state index in [1.165, 1.54) is 0 Å². The molecular weight excluding hydrogens is 221 g/mol. The van der Waals surface area contributed by atoms with Gasteiger partial charge in [-0.05, 0) is 19.8 Å². The number of halogens is 3. The number of hydrogen-bond acceptors (Lipinski definition) is 3. The van der Waals surface area contributed by atoms with Crippen LogP contribution in [0.15, 0.2) is 0 Å². The zero-order valence-corrected chi connectivity index (χ0v) is 9.28. The van der Waals surface area contributed by atoms with E-state index < -0.39 is 11.7 Å². The third-order valence-corrected chi connectivity index (χ3v) is 3.31. The maximum atomic E-state index is 12.5. The normalized spacial score (nSPS) is 26.2. The molecule has 1 heterocycles. The van der Waals surface area contributed by atoms with Crippen LogP contribution in [0, 0.1) is 0 Å². The summed E-state index contributed by atoms with van der Waals surface area (Å²) in [4.78, 5) is 0. The Bertz CT molecular complexity index is 259. The Labute approximate surface area is 92.7 Å². The van der Waals surface area contributed by atoms with Gasteiger partial charge in [-0.25, -0.2) is 0 Å². The van der Waals surface area contributed by atoms with Crippen LogP contribution in [0.25, 0.3) is 0 Å². The summed E-state index contributed by atoms with van der Waals surface area (Å²) in [7, 11) is 0. The van der Waals surface area contributed by atoms with Crippen LogP contribution in [0.4, 0.5) is 13.2 Å². The minimum atomic E-state index is -4.13. The van der Waals surface area contributed by atoms with Gasteiger partial charge in [-0.1, -0.05) is 0 Å². The molecule has 2 N–H and O–H groups in total. The Balaban J connectivity index is 1.65. The predicted molar refractivity (Wildman–Crippen MR) is 53.2 cm³/mol. The van der Waals surface area contributed by atoms with Gasteiger partial charge < -0.3 is 15.4 Å². The highest BCUT2D eigenvalue weighted by Crippen LogP contribution is 2.48. The maximum Gasteiger partial charge on any atom is 0.406 e. The van der Waals surface area contributed by atoms with Gasteiger partial charge in [-0.2, -0.15) is 13.2 Å². The van der Waals surface area contributed by atoms with Crippen LogP contribution in [0.1, 0.15) is 19.8 Å². The van der Waals surface area contributed by atoms with Crippen molar-refractivity contribution in [2.24, 2.45) is 0 Å². The molecule has 0 aromatic carbocycles. The maximum absolute atomic E-state index is 12.5. The molecule has 2 fully saturated rings. The van der Waals surface area contributed by atoms with Crippen molar-refractivity contribution in [3.05, 3.63) is 0 Å². The SMILES string of the molecule is CC1(OCCNC2(C(F)(F)F)CC2)CNC1. The standard InChI is InChI=1S/C10H17F3N2O/c1-8(6-14-7-8)16-5-4-15-9(2-3-9)10(11,12)13/h14-15H,2-7H2,1H3. The lowest BCUT2D eigenvalue weighted by Crippen LogP contribution is -2.59. The molecule has 1 aliphatic heterocycles. The zero-order chi connectivity index (χ0) is 11.9. The molecule has 0 aromatic heterocycles. The lowest BCUT2D eigenvalue weighted by Gasteiger charge is -2.39. The average molecular weight is 238 g/mol. The molecule has 16 heavy (non-hydrogen) atoms. The van der Waals surface area contributed by atoms with E-state index >= 15 is 0 Å². The lowest BCUT2D eigenvalue weighted by molar-refractivity contribution is -0.167. The number of ether oxygens (including phenoxy) is 1. The van der Waals surface area contributed by atoms with Gasteiger partial charge in [-0.15, -0.1) is 0 Å². The minimum absolute atomic E-state index is 0.184. The average Bonchev–Trinajstić information content (AvgIpc) is 2.89. The van der Waals surface area contributed by atoms with Crippen LogP contribution in [-0.2, 0) is 4.74 Å². The highest BCUT2D eigenvalue weighted by molar-refractivity contribution is 5.07. The van der Waals surface area contributed by atoms with E-state index in [4.69, 9.17) is 4.74 Å². The molecule has 3 nitrogen and oxygen atoms in total. The summed E-state index contributed by atoms with van der Waals surface area (Å²) in [6, 6.07) is 0. The fourth-order valence-electron chi connectivity index (χ4n) is 1.85. The second-order valence-electron chi connectivity index (χ2n) is 4.91. The molecule has 0 radical (unpaired) electrons. The van der Waals surface area contributed by atoms with Crippen LogP contribution >= 0.6 is 0 Å². The molecule has 1 saturated heterocycles. The van der Waals surface area contributed by atoms with Crippen molar-refractivity contribution in [2.45, 2.75) is 37.1 Å². The quantitative estimate of drug-likeness (QED) is 0.702. The lowest BCUT2D eigenvalue weighted by atomic mass is 10.0. The van der Waals surface area contributed by atoms with Gasteiger partial charge in [0.2, 0.25) is 0 Å². The van der Waals surface area contributed by atoms with E-state index in [-0.39, 0.29) is 25.0 Å². The van der Waals surface area contributed by atoms with E-state index in [9.17, 15) is 13.2 Å². The summed E-state index contributed by atoms with van der Waals surface area (Å²) in [5.41, 5.74) is -1.80. The number of rotatable bonds is 5. The van der Waals surface area contributed by atoms with Crippen molar-refractivity contribution in [1.29, 1.82) is 0 Å². The Morgan fingerprint density at radius 3 is 2.31 bits per heavy atom. The Hall–Kier alpha value is -0.330. The molecule has 0 bridgehead atoms. The molecule has 94 valence electrons. The first-order valence-corrected chi connectivity index (χ1v) is 5.53. The third kappa shape index (κ3) is 2.33. The molecule has 0 amide bonds. The molecule has 0 unspecified atom stereocenters. The van der Waals surface area contributed by atoms with Gasteiger partial charge in [0, 0.05) is 19.6 Å². The largest absolute Gasteiger partial charge is 0.406 e. The van der Waals surface area contributed by atoms with E-state index in [0.717, 1.165) is 13.1 Å². The van der Waals surface area contributed by atoms with Crippen LogP contribution < -0.4 is 10.6 Å². The molecule has 0 aromatic rings. The van der Waals surface area contributed by atoms with E-state index in [2.05, 4.69) is 10.6 Å². The van der Waals surface area contributed by atoms with Gasteiger partial charge in [0.1, 0.15) is 5.54 Å². The predicted octanol–water partition coefficient (Wildman–Crippen LogP) is 1.05. The summed E-state index contributed by atoms with van der Waals surface area (Å²) >= 11 is 0. The summed E-state index contributed by atoms with van der Waals surface area (Å²) in [5, 5.41) is 5.63. The number of alkyl halides is 3. The van der Waals surface area contributed by atoms with Crippen molar-refractivity contribution >= 4 is 0 Å². The first kappa shape index (κ1) is 12.1. The van der Waals surface area contributed by atoms with Crippen LogP contribution in [-0.4, -0.2) is 43.6 Å². The summed E-state index contributed by atoms with van der Waals surface area (Å²) in [6.45, 7) is 4.10. The van der Waals surface area contributed by atoms with Crippen LogP contribution in [0.2, 0.25) is 0 Å². The highest BCUT2D eigenvalue weighted by Gasteiger charge is 2.62. The monoisotopic (exact) mass is 238 g/mol. The van der Waals surface area contributed by atoms with Gasteiger partial charge in [-0.3, -0.25) is 0 Å². The number of nitrogens with one attached hydrogen (secondary N) is 2. The van der Waals surface area contributed by atoms with Gasteiger partial charge in [0.05, 0.1) is 12.2 Å². The first-order chi connectivity index (χ1) is 7.37.